The monoisotopic (exact) mass is 408 g/mol. The van der Waals surface area contributed by atoms with E-state index in [-0.39, 0.29) is 6.03 Å². The summed E-state index contributed by atoms with van der Waals surface area (Å²) < 4.78 is 16.7. The minimum absolute atomic E-state index is 0.302. The zero-order valence-electron chi connectivity index (χ0n) is 14.4. The molecule has 0 aliphatic rings. The second kappa shape index (κ2) is 9.17. The number of halogens is 1. The standard InChI is InChI=1S/C18H21BrN2O4/c1-23-15-9-14(10-16(11-15)24-2)21-18(22)20-7-6-12-8-13(19)4-5-17(12)25-3/h4-5,8-11H,6-7H2,1-3H3,(H2,20,21,22). The number of ether oxygens (including phenoxy) is 3. The number of rotatable bonds is 7. The highest BCUT2D eigenvalue weighted by atomic mass is 79.9. The molecule has 0 saturated carbocycles. The van der Waals surface area contributed by atoms with Gasteiger partial charge in [-0.1, -0.05) is 15.9 Å². The van der Waals surface area contributed by atoms with Crippen molar-refractivity contribution < 1.29 is 19.0 Å². The summed E-state index contributed by atoms with van der Waals surface area (Å²) in [4.78, 5) is 12.1. The van der Waals surface area contributed by atoms with Crippen molar-refractivity contribution in [2.75, 3.05) is 33.2 Å². The molecule has 0 aromatic heterocycles. The van der Waals surface area contributed by atoms with E-state index >= 15 is 0 Å². The van der Waals surface area contributed by atoms with Crippen molar-refractivity contribution in [3.05, 3.63) is 46.4 Å². The lowest BCUT2D eigenvalue weighted by Gasteiger charge is -2.12. The number of carbonyl (C=O) groups excluding carboxylic acids is 1. The molecular weight excluding hydrogens is 388 g/mol. The Morgan fingerprint density at radius 1 is 1.00 bits per heavy atom. The summed E-state index contributed by atoms with van der Waals surface area (Å²) in [6.07, 6.45) is 0.650. The average Bonchev–Trinajstić information content (AvgIpc) is 2.61. The number of urea groups is 1. The average molecular weight is 409 g/mol. The van der Waals surface area contributed by atoms with Gasteiger partial charge in [0.25, 0.3) is 0 Å². The molecule has 0 fully saturated rings. The molecule has 2 aromatic carbocycles. The smallest absolute Gasteiger partial charge is 0.319 e. The molecule has 6 nitrogen and oxygen atoms in total. The zero-order valence-corrected chi connectivity index (χ0v) is 16.0. The van der Waals surface area contributed by atoms with Gasteiger partial charge in [0, 0.05) is 34.9 Å². The molecule has 2 rings (SSSR count). The maximum atomic E-state index is 12.1. The summed E-state index contributed by atoms with van der Waals surface area (Å²) in [7, 11) is 4.75. The second-order valence-electron chi connectivity index (χ2n) is 5.19. The lowest BCUT2D eigenvalue weighted by molar-refractivity contribution is 0.252. The van der Waals surface area contributed by atoms with Crippen molar-refractivity contribution in [3.8, 4) is 17.2 Å². The number of hydrogen-bond acceptors (Lipinski definition) is 4. The number of anilines is 1. The van der Waals surface area contributed by atoms with E-state index in [1.165, 1.54) is 0 Å². The van der Waals surface area contributed by atoms with Gasteiger partial charge in [-0.05, 0) is 30.2 Å². The van der Waals surface area contributed by atoms with E-state index in [0.717, 1.165) is 15.8 Å². The predicted octanol–water partition coefficient (Wildman–Crippen LogP) is 3.84. The maximum absolute atomic E-state index is 12.1. The van der Waals surface area contributed by atoms with E-state index in [2.05, 4.69) is 26.6 Å². The molecule has 0 atom stereocenters. The van der Waals surface area contributed by atoms with Gasteiger partial charge in [-0.25, -0.2) is 4.79 Å². The van der Waals surface area contributed by atoms with Crippen molar-refractivity contribution in [3.63, 3.8) is 0 Å². The Labute approximate surface area is 155 Å². The van der Waals surface area contributed by atoms with Crippen LogP contribution in [-0.4, -0.2) is 33.9 Å². The summed E-state index contributed by atoms with van der Waals surface area (Å²) >= 11 is 3.44. The summed E-state index contributed by atoms with van der Waals surface area (Å²) in [5.74, 6) is 2.00. The first-order chi connectivity index (χ1) is 12.0. The summed E-state index contributed by atoms with van der Waals surface area (Å²) in [6.45, 7) is 0.472. The molecule has 0 spiro atoms. The van der Waals surface area contributed by atoms with Crippen molar-refractivity contribution in [1.82, 2.24) is 5.32 Å². The van der Waals surface area contributed by atoms with Gasteiger partial charge in [-0.15, -0.1) is 0 Å². The zero-order chi connectivity index (χ0) is 18.2. The number of carbonyl (C=O) groups is 1. The van der Waals surface area contributed by atoms with Gasteiger partial charge in [0.1, 0.15) is 17.2 Å². The van der Waals surface area contributed by atoms with E-state index < -0.39 is 0 Å². The van der Waals surface area contributed by atoms with E-state index in [0.29, 0.717) is 30.2 Å². The molecule has 2 aromatic rings. The highest BCUT2D eigenvalue weighted by molar-refractivity contribution is 9.10. The van der Waals surface area contributed by atoms with Crippen LogP contribution in [0.1, 0.15) is 5.56 Å². The number of hydrogen-bond donors (Lipinski definition) is 2. The van der Waals surface area contributed by atoms with Crippen LogP contribution in [-0.2, 0) is 6.42 Å². The van der Waals surface area contributed by atoms with Gasteiger partial charge < -0.3 is 24.8 Å². The largest absolute Gasteiger partial charge is 0.497 e. The van der Waals surface area contributed by atoms with E-state index in [1.54, 1.807) is 39.5 Å². The van der Waals surface area contributed by atoms with Crippen molar-refractivity contribution in [2.45, 2.75) is 6.42 Å². The van der Waals surface area contributed by atoms with Crippen LogP contribution in [0.2, 0.25) is 0 Å². The molecule has 2 amide bonds. The Balaban J connectivity index is 1.92. The second-order valence-corrected chi connectivity index (χ2v) is 6.10. The van der Waals surface area contributed by atoms with Gasteiger partial charge in [0.2, 0.25) is 0 Å². The Morgan fingerprint density at radius 2 is 1.68 bits per heavy atom. The molecule has 0 radical (unpaired) electrons. The molecule has 0 heterocycles. The summed E-state index contributed by atoms with van der Waals surface area (Å²) in [6, 6.07) is 10.7. The third kappa shape index (κ3) is 5.56. The van der Waals surface area contributed by atoms with Crippen LogP contribution in [0.25, 0.3) is 0 Å². The first kappa shape index (κ1) is 18.9. The van der Waals surface area contributed by atoms with Gasteiger partial charge in [0.05, 0.1) is 21.3 Å². The van der Waals surface area contributed by atoms with E-state index in [1.807, 2.05) is 18.2 Å². The first-order valence-corrected chi connectivity index (χ1v) is 8.45. The van der Waals surface area contributed by atoms with Crippen LogP contribution in [0, 0.1) is 0 Å². The third-order valence-electron chi connectivity index (χ3n) is 3.53. The van der Waals surface area contributed by atoms with E-state index in [4.69, 9.17) is 14.2 Å². The number of methoxy groups -OCH3 is 3. The van der Waals surface area contributed by atoms with Crippen molar-refractivity contribution in [1.29, 1.82) is 0 Å². The molecule has 134 valence electrons. The molecule has 25 heavy (non-hydrogen) atoms. The molecule has 2 N–H and O–H groups in total. The van der Waals surface area contributed by atoms with Crippen molar-refractivity contribution >= 4 is 27.6 Å². The SMILES string of the molecule is COc1cc(NC(=O)NCCc2cc(Br)ccc2OC)cc(OC)c1. The van der Waals surface area contributed by atoms with Gasteiger partial charge in [0.15, 0.2) is 0 Å². The molecule has 0 aliphatic heterocycles. The molecule has 7 heteroatoms. The van der Waals surface area contributed by atoms with Gasteiger partial charge in [-0.2, -0.15) is 0 Å². The Bertz CT molecular complexity index is 715. The highest BCUT2D eigenvalue weighted by Gasteiger charge is 2.07. The van der Waals surface area contributed by atoms with E-state index in [9.17, 15) is 4.79 Å². The van der Waals surface area contributed by atoms with Crippen LogP contribution in [0.4, 0.5) is 10.5 Å². The van der Waals surface area contributed by atoms with Gasteiger partial charge >= 0.3 is 6.03 Å². The summed E-state index contributed by atoms with van der Waals surface area (Å²) in [5.41, 5.74) is 1.61. The maximum Gasteiger partial charge on any atom is 0.319 e. The minimum atomic E-state index is -0.302. The fourth-order valence-corrected chi connectivity index (χ4v) is 2.72. The van der Waals surface area contributed by atoms with Gasteiger partial charge in [-0.3, -0.25) is 0 Å². The third-order valence-corrected chi connectivity index (χ3v) is 4.02. The highest BCUT2D eigenvalue weighted by Crippen LogP contribution is 2.26. The Kier molecular flexibility index (Phi) is 6.94. The topological polar surface area (TPSA) is 68.8 Å². The number of benzene rings is 2. The molecule has 0 bridgehead atoms. The normalized spacial score (nSPS) is 10.1. The predicted molar refractivity (Wildman–Crippen MR) is 101 cm³/mol. The number of nitrogens with one attached hydrogen (secondary N) is 2. The van der Waals surface area contributed by atoms with Crippen LogP contribution in [0.15, 0.2) is 40.9 Å². The van der Waals surface area contributed by atoms with Crippen LogP contribution >= 0.6 is 15.9 Å². The lowest BCUT2D eigenvalue weighted by atomic mass is 10.1. The molecule has 0 saturated heterocycles. The quantitative estimate of drug-likeness (QED) is 0.729. The molecular formula is C18H21BrN2O4. The number of amides is 2. The molecule has 0 aliphatic carbocycles. The first-order valence-electron chi connectivity index (χ1n) is 7.66. The van der Waals surface area contributed by atoms with Crippen LogP contribution in [0.5, 0.6) is 17.2 Å². The van der Waals surface area contributed by atoms with Crippen molar-refractivity contribution in [2.24, 2.45) is 0 Å². The fraction of sp³-hybridized carbons (Fsp3) is 0.278. The Hall–Kier alpha value is -2.41. The fourth-order valence-electron chi connectivity index (χ4n) is 2.31. The molecule has 0 unspecified atom stereocenters. The lowest BCUT2D eigenvalue weighted by Crippen LogP contribution is -2.30. The Morgan fingerprint density at radius 3 is 2.28 bits per heavy atom. The summed E-state index contributed by atoms with van der Waals surface area (Å²) in [5, 5.41) is 5.59. The van der Waals surface area contributed by atoms with Crippen LogP contribution < -0.4 is 24.8 Å². The minimum Gasteiger partial charge on any atom is -0.497 e. The van der Waals surface area contributed by atoms with Crippen LogP contribution in [0.3, 0.4) is 0 Å².